The molecule has 1 unspecified atom stereocenters. The smallest absolute Gasteiger partial charge is 0.0897 e. The van der Waals surface area contributed by atoms with Gasteiger partial charge in [0.05, 0.1) is 24.4 Å². The number of nitrogens with one attached hydrogen (secondary N) is 1. The lowest BCUT2D eigenvalue weighted by molar-refractivity contribution is -0.0638. The largest absolute Gasteiger partial charge is 0.389 e. The van der Waals surface area contributed by atoms with Gasteiger partial charge in [-0.05, 0) is 12.8 Å². The van der Waals surface area contributed by atoms with Gasteiger partial charge in [-0.2, -0.15) is 0 Å². The highest BCUT2D eigenvalue weighted by molar-refractivity contribution is 4.83. The van der Waals surface area contributed by atoms with Crippen molar-refractivity contribution in [3.05, 3.63) is 0 Å². The van der Waals surface area contributed by atoms with Crippen LogP contribution in [0.3, 0.4) is 0 Å². The van der Waals surface area contributed by atoms with Gasteiger partial charge in [-0.1, -0.05) is 12.8 Å². The van der Waals surface area contributed by atoms with E-state index >= 15 is 0 Å². The van der Waals surface area contributed by atoms with Gasteiger partial charge in [-0.3, -0.25) is 0 Å². The van der Waals surface area contributed by atoms with Crippen molar-refractivity contribution in [2.75, 3.05) is 32.9 Å². The van der Waals surface area contributed by atoms with Crippen LogP contribution in [0.25, 0.3) is 0 Å². The summed E-state index contributed by atoms with van der Waals surface area (Å²) in [6.07, 6.45) is 5.91. The number of ether oxygens (including phenoxy) is 2. The van der Waals surface area contributed by atoms with Crippen molar-refractivity contribution in [1.29, 1.82) is 0 Å². The summed E-state index contributed by atoms with van der Waals surface area (Å²) in [7, 11) is 0. The van der Waals surface area contributed by atoms with Gasteiger partial charge in [0.15, 0.2) is 0 Å². The molecule has 1 aliphatic heterocycles. The number of hydrogen-bond acceptors (Lipinski definition) is 5. The molecule has 1 atom stereocenters. The minimum Gasteiger partial charge on any atom is -0.389 e. The van der Waals surface area contributed by atoms with E-state index in [0.717, 1.165) is 12.8 Å². The van der Waals surface area contributed by atoms with Crippen LogP contribution in [0.1, 0.15) is 38.5 Å². The average molecular weight is 273 g/mol. The molecule has 2 aliphatic rings. The lowest BCUT2D eigenvalue weighted by Gasteiger charge is -2.32. The maximum Gasteiger partial charge on any atom is 0.0897 e. The molecule has 5 heteroatoms. The second kappa shape index (κ2) is 7.55. The second-order valence-corrected chi connectivity index (χ2v) is 5.86. The van der Waals surface area contributed by atoms with E-state index < -0.39 is 11.7 Å². The molecule has 3 N–H and O–H groups in total. The Hall–Kier alpha value is -0.200. The molecule has 0 aromatic heterocycles. The molecular formula is C14H27NO4. The zero-order valence-electron chi connectivity index (χ0n) is 11.6. The molecule has 112 valence electrons. The molecule has 1 saturated heterocycles. The fourth-order valence-electron chi connectivity index (χ4n) is 2.76. The highest BCUT2D eigenvalue weighted by Gasteiger charge is 2.29. The molecule has 1 aliphatic carbocycles. The third-order valence-corrected chi connectivity index (χ3v) is 4.08. The van der Waals surface area contributed by atoms with Gasteiger partial charge in [0, 0.05) is 39.1 Å². The van der Waals surface area contributed by atoms with Crippen LogP contribution in [0.4, 0.5) is 0 Å². The van der Waals surface area contributed by atoms with Crippen LogP contribution in [0, 0.1) is 0 Å². The van der Waals surface area contributed by atoms with Gasteiger partial charge < -0.3 is 25.0 Å². The van der Waals surface area contributed by atoms with E-state index in [0.29, 0.717) is 51.9 Å². The Morgan fingerprint density at radius 1 is 1.26 bits per heavy atom. The predicted molar refractivity (Wildman–Crippen MR) is 72.1 cm³/mol. The second-order valence-electron chi connectivity index (χ2n) is 5.86. The zero-order chi connectivity index (χ0) is 13.6. The van der Waals surface area contributed by atoms with Crippen LogP contribution in [-0.4, -0.2) is 60.9 Å². The summed E-state index contributed by atoms with van der Waals surface area (Å²) < 4.78 is 10.9. The van der Waals surface area contributed by atoms with E-state index in [1.165, 1.54) is 12.8 Å². The molecule has 2 rings (SSSR count). The summed E-state index contributed by atoms with van der Waals surface area (Å²) in [5, 5.41) is 23.2. The summed E-state index contributed by atoms with van der Waals surface area (Å²) in [5.74, 6) is 0. The van der Waals surface area contributed by atoms with E-state index in [9.17, 15) is 10.2 Å². The van der Waals surface area contributed by atoms with Crippen LogP contribution >= 0.6 is 0 Å². The zero-order valence-corrected chi connectivity index (χ0v) is 11.6. The Morgan fingerprint density at radius 2 is 1.95 bits per heavy atom. The molecule has 0 aromatic rings. The van der Waals surface area contributed by atoms with Crippen LogP contribution in [0.5, 0.6) is 0 Å². The van der Waals surface area contributed by atoms with Crippen molar-refractivity contribution >= 4 is 0 Å². The van der Waals surface area contributed by atoms with Gasteiger partial charge in [0.25, 0.3) is 0 Å². The normalized spacial score (nSPS) is 25.6. The molecule has 2 fully saturated rings. The van der Waals surface area contributed by atoms with Crippen molar-refractivity contribution in [2.45, 2.75) is 56.3 Å². The summed E-state index contributed by atoms with van der Waals surface area (Å²) >= 11 is 0. The average Bonchev–Trinajstić information content (AvgIpc) is 2.90. The van der Waals surface area contributed by atoms with Crippen molar-refractivity contribution in [1.82, 2.24) is 5.32 Å². The molecule has 1 saturated carbocycles. The fraction of sp³-hybridized carbons (Fsp3) is 1.00. The number of aliphatic hydroxyl groups excluding tert-OH is 1. The van der Waals surface area contributed by atoms with E-state index in [1.54, 1.807) is 0 Å². The molecule has 0 radical (unpaired) electrons. The Labute approximate surface area is 115 Å². The van der Waals surface area contributed by atoms with E-state index in [2.05, 4.69) is 5.32 Å². The molecule has 1 heterocycles. The minimum atomic E-state index is -0.676. The number of rotatable bonds is 7. The van der Waals surface area contributed by atoms with Gasteiger partial charge >= 0.3 is 0 Å². The number of aliphatic hydroxyl groups is 2. The SMILES string of the molecule is OC(CNCC1(O)CCOCC1)COC1CCCC1. The van der Waals surface area contributed by atoms with E-state index in [1.807, 2.05) is 0 Å². The first-order valence-electron chi connectivity index (χ1n) is 7.48. The molecule has 0 bridgehead atoms. The maximum absolute atomic E-state index is 10.2. The van der Waals surface area contributed by atoms with Crippen LogP contribution < -0.4 is 5.32 Å². The van der Waals surface area contributed by atoms with E-state index in [4.69, 9.17) is 9.47 Å². The van der Waals surface area contributed by atoms with Crippen LogP contribution in [0.2, 0.25) is 0 Å². The highest BCUT2D eigenvalue weighted by Crippen LogP contribution is 2.21. The topological polar surface area (TPSA) is 71.0 Å². The summed E-state index contributed by atoms with van der Waals surface area (Å²) in [5.41, 5.74) is -0.676. The summed E-state index contributed by atoms with van der Waals surface area (Å²) in [6, 6.07) is 0. The van der Waals surface area contributed by atoms with E-state index in [-0.39, 0.29) is 0 Å². The van der Waals surface area contributed by atoms with Gasteiger partial charge in [0.2, 0.25) is 0 Å². The summed E-state index contributed by atoms with van der Waals surface area (Å²) in [4.78, 5) is 0. The Balaban J connectivity index is 1.54. The van der Waals surface area contributed by atoms with Gasteiger partial charge in [0.1, 0.15) is 0 Å². The summed E-state index contributed by atoms with van der Waals surface area (Å²) in [6.45, 7) is 2.60. The first kappa shape index (κ1) is 15.2. The Kier molecular flexibility index (Phi) is 6.04. The van der Waals surface area contributed by atoms with Crippen LogP contribution in [0.15, 0.2) is 0 Å². The lowest BCUT2D eigenvalue weighted by atomic mass is 9.94. The van der Waals surface area contributed by atoms with Crippen molar-refractivity contribution in [2.24, 2.45) is 0 Å². The van der Waals surface area contributed by atoms with Gasteiger partial charge in [-0.15, -0.1) is 0 Å². The molecule has 19 heavy (non-hydrogen) atoms. The Morgan fingerprint density at radius 3 is 2.63 bits per heavy atom. The third-order valence-electron chi connectivity index (χ3n) is 4.08. The monoisotopic (exact) mass is 273 g/mol. The fourth-order valence-corrected chi connectivity index (χ4v) is 2.76. The molecular weight excluding hydrogens is 246 g/mol. The quantitative estimate of drug-likeness (QED) is 0.628. The predicted octanol–water partition coefficient (Wildman–Crippen LogP) is 0.438. The van der Waals surface area contributed by atoms with Crippen LogP contribution in [-0.2, 0) is 9.47 Å². The molecule has 0 amide bonds. The first-order chi connectivity index (χ1) is 9.18. The van der Waals surface area contributed by atoms with Gasteiger partial charge in [-0.25, -0.2) is 0 Å². The Bertz CT molecular complexity index is 250. The molecule has 0 spiro atoms. The first-order valence-corrected chi connectivity index (χ1v) is 7.48. The van der Waals surface area contributed by atoms with Crippen molar-refractivity contribution in [3.63, 3.8) is 0 Å². The molecule has 5 nitrogen and oxygen atoms in total. The standard InChI is InChI=1S/C14H27NO4/c16-12(10-19-13-3-1-2-4-13)9-15-11-14(17)5-7-18-8-6-14/h12-13,15-17H,1-11H2. The highest BCUT2D eigenvalue weighted by atomic mass is 16.5. The minimum absolute atomic E-state index is 0.342. The maximum atomic E-state index is 10.2. The van der Waals surface area contributed by atoms with Crippen molar-refractivity contribution in [3.8, 4) is 0 Å². The molecule has 0 aromatic carbocycles. The third kappa shape index (κ3) is 5.36. The van der Waals surface area contributed by atoms with Crippen molar-refractivity contribution < 1.29 is 19.7 Å². The number of hydrogen-bond donors (Lipinski definition) is 3. The lowest BCUT2D eigenvalue weighted by Crippen LogP contribution is -2.47.